The quantitative estimate of drug-likeness (QED) is 0.488. The smallest absolute Gasteiger partial charge is 0.184 e. The third-order valence-electron chi connectivity index (χ3n) is 4.31. The Morgan fingerprint density at radius 2 is 1.76 bits per heavy atom. The predicted molar refractivity (Wildman–Crippen MR) is 106 cm³/mol. The summed E-state index contributed by atoms with van der Waals surface area (Å²) in [6.45, 7) is 2.19. The fraction of sp³-hybridized carbons (Fsp3) is 0.143. The number of pyridine rings is 1. The number of thiazole rings is 1. The molecule has 0 spiro atoms. The molecular weight excluding hydrogens is 326 g/mol. The van der Waals surface area contributed by atoms with Crippen LogP contribution in [-0.2, 0) is 0 Å². The molecule has 0 saturated carbocycles. The van der Waals surface area contributed by atoms with Crippen molar-refractivity contribution in [2.24, 2.45) is 0 Å². The van der Waals surface area contributed by atoms with Gasteiger partial charge in [0.1, 0.15) is 0 Å². The summed E-state index contributed by atoms with van der Waals surface area (Å²) in [5.41, 5.74) is 4.70. The summed E-state index contributed by atoms with van der Waals surface area (Å²) in [6, 6.07) is 21.3. The second-order valence-electron chi connectivity index (χ2n) is 5.95. The molecule has 0 amide bonds. The van der Waals surface area contributed by atoms with E-state index in [1.165, 1.54) is 21.4 Å². The molecule has 0 unspecified atom stereocenters. The van der Waals surface area contributed by atoms with Gasteiger partial charge in [-0.1, -0.05) is 54.7 Å². The van der Waals surface area contributed by atoms with E-state index in [1.807, 2.05) is 24.5 Å². The SMILES string of the molecule is CC[C@@H](Nc1nc2ccc(-c3ccncc3)cc2s1)c1ccccc1. The fourth-order valence-corrected chi connectivity index (χ4v) is 3.92. The number of benzene rings is 2. The van der Waals surface area contributed by atoms with Crippen LogP contribution >= 0.6 is 11.3 Å². The van der Waals surface area contributed by atoms with E-state index in [9.17, 15) is 0 Å². The Hall–Kier alpha value is -2.72. The lowest BCUT2D eigenvalue weighted by molar-refractivity contribution is 0.748. The molecule has 0 saturated heterocycles. The van der Waals surface area contributed by atoms with Crippen molar-refractivity contribution in [3.8, 4) is 11.1 Å². The summed E-state index contributed by atoms with van der Waals surface area (Å²) < 4.78 is 1.19. The summed E-state index contributed by atoms with van der Waals surface area (Å²) in [5.74, 6) is 0. The van der Waals surface area contributed by atoms with E-state index in [-0.39, 0.29) is 6.04 Å². The van der Waals surface area contributed by atoms with Crippen molar-refractivity contribution in [1.29, 1.82) is 0 Å². The average molecular weight is 345 g/mol. The van der Waals surface area contributed by atoms with Crippen LogP contribution in [0, 0.1) is 0 Å². The zero-order valence-electron chi connectivity index (χ0n) is 14.0. The van der Waals surface area contributed by atoms with Gasteiger partial charge in [0.2, 0.25) is 0 Å². The van der Waals surface area contributed by atoms with Gasteiger partial charge in [-0.15, -0.1) is 0 Å². The number of nitrogens with zero attached hydrogens (tertiary/aromatic N) is 2. The molecule has 1 atom stereocenters. The summed E-state index contributed by atoms with van der Waals surface area (Å²) >= 11 is 1.71. The molecule has 25 heavy (non-hydrogen) atoms. The van der Waals surface area contributed by atoms with Gasteiger partial charge in [0.25, 0.3) is 0 Å². The van der Waals surface area contributed by atoms with E-state index in [4.69, 9.17) is 4.98 Å². The lowest BCUT2D eigenvalue weighted by Crippen LogP contribution is -2.09. The normalized spacial score (nSPS) is 12.2. The molecule has 0 aliphatic carbocycles. The maximum absolute atomic E-state index is 4.76. The Bertz CT molecular complexity index is 964. The highest BCUT2D eigenvalue weighted by molar-refractivity contribution is 7.22. The largest absolute Gasteiger partial charge is 0.355 e. The molecule has 2 heterocycles. The first-order chi connectivity index (χ1) is 12.3. The van der Waals surface area contributed by atoms with Crippen LogP contribution in [0.5, 0.6) is 0 Å². The highest BCUT2D eigenvalue weighted by atomic mass is 32.1. The van der Waals surface area contributed by atoms with Gasteiger partial charge in [-0.2, -0.15) is 0 Å². The molecule has 1 N–H and O–H groups in total. The van der Waals surface area contributed by atoms with Crippen molar-refractivity contribution in [1.82, 2.24) is 9.97 Å². The molecule has 4 aromatic rings. The van der Waals surface area contributed by atoms with Crippen molar-refractivity contribution in [2.75, 3.05) is 5.32 Å². The number of nitrogens with one attached hydrogen (secondary N) is 1. The van der Waals surface area contributed by atoms with E-state index in [2.05, 4.69) is 65.8 Å². The van der Waals surface area contributed by atoms with E-state index < -0.39 is 0 Å². The lowest BCUT2D eigenvalue weighted by atomic mass is 10.1. The Labute approximate surface area is 151 Å². The van der Waals surface area contributed by atoms with E-state index in [0.717, 1.165) is 17.1 Å². The molecule has 4 rings (SSSR count). The number of rotatable bonds is 5. The first-order valence-electron chi connectivity index (χ1n) is 8.46. The Balaban J connectivity index is 1.63. The van der Waals surface area contributed by atoms with Gasteiger partial charge in [0.05, 0.1) is 16.3 Å². The minimum Gasteiger partial charge on any atom is -0.355 e. The predicted octanol–water partition coefficient (Wildman–Crippen LogP) is 5.92. The van der Waals surface area contributed by atoms with Crippen molar-refractivity contribution in [3.63, 3.8) is 0 Å². The van der Waals surface area contributed by atoms with Crippen LogP contribution in [0.25, 0.3) is 21.3 Å². The number of anilines is 1. The van der Waals surface area contributed by atoms with Gasteiger partial charge < -0.3 is 5.32 Å². The third-order valence-corrected chi connectivity index (χ3v) is 5.26. The van der Waals surface area contributed by atoms with Gasteiger partial charge >= 0.3 is 0 Å². The molecule has 0 aliphatic heterocycles. The average Bonchev–Trinajstić information content (AvgIpc) is 3.09. The molecule has 124 valence electrons. The summed E-state index contributed by atoms with van der Waals surface area (Å²) in [4.78, 5) is 8.84. The maximum atomic E-state index is 4.76. The molecule has 0 aliphatic rings. The van der Waals surface area contributed by atoms with Crippen molar-refractivity contribution >= 4 is 26.7 Å². The molecular formula is C21H19N3S. The third kappa shape index (κ3) is 3.39. The topological polar surface area (TPSA) is 37.8 Å². The van der Waals surface area contributed by atoms with Gasteiger partial charge in [-0.25, -0.2) is 4.98 Å². The van der Waals surface area contributed by atoms with Crippen molar-refractivity contribution in [2.45, 2.75) is 19.4 Å². The first kappa shape index (κ1) is 15.8. The second-order valence-corrected chi connectivity index (χ2v) is 6.98. The van der Waals surface area contributed by atoms with Crippen LogP contribution in [0.4, 0.5) is 5.13 Å². The summed E-state index contributed by atoms with van der Waals surface area (Å²) in [6.07, 6.45) is 4.66. The molecule has 2 aromatic carbocycles. The fourth-order valence-electron chi connectivity index (χ4n) is 2.97. The van der Waals surface area contributed by atoms with E-state index in [1.54, 1.807) is 11.3 Å². The van der Waals surface area contributed by atoms with E-state index in [0.29, 0.717) is 0 Å². The van der Waals surface area contributed by atoms with E-state index >= 15 is 0 Å². The van der Waals surface area contributed by atoms with Crippen molar-refractivity contribution in [3.05, 3.63) is 78.6 Å². The highest BCUT2D eigenvalue weighted by Gasteiger charge is 2.12. The number of hydrogen-bond donors (Lipinski definition) is 1. The monoisotopic (exact) mass is 345 g/mol. The highest BCUT2D eigenvalue weighted by Crippen LogP contribution is 2.32. The molecule has 0 fully saturated rings. The molecule has 2 aromatic heterocycles. The zero-order chi connectivity index (χ0) is 17.1. The van der Waals surface area contributed by atoms with Gasteiger partial charge in [0, 0.05) is 12.4 Å². The zero-order valence-corrected chi connectivity index (χ0v) is 14.8. The molecule has 4 heteroatoms. The van der Waals surface area contributed by atoms with Crippen LogP contribution < -0.4 is 5.32 Å². The number of hydrogen-bond acceptors (Lipinski definition) is 4. The Morgan fingerprint density at radius 3 is 2.52 bits per heavy atom. The van der Waals surface area contributed by atoms with Crippen LogP contribution in [0.2, 0.25) is 0 Å². The van der Waals surface area contributed by atoms with Crippen molar-refractivity contribution < 1.29 is 0 Å². The summed E-state index contributed by atoms with van der Waals surface area (Å²) in [7, 11) is 0. The Kier molecular flexibility index (Phi) is 4.44. The van der Waals surface area contributed by atoms with Gasteiger partial charge in [-0.3, -0.25) is 4.98 Å². The number of fused-ring (bicyclic) bond motifs is 1. The van der Waals surface area contributed by atoms with Crippen LogP contribution in [-0.4, -0.2) is 9.97 Å². The minimum atomic E-state index is 0.279. The minimum absolute atomic E-state index is 0.279. The lowest BCUT2D eigenvalue weighted by Gasteiger charge is -2.16. The van der Waals surface area contributed by atoms with Crippen LogP contribution in [0.1, 0.15) is 24.9 Å². The first-order valence-corrected chi connectivity index (χ1v) is 9.27. The van der Waals surface area contributed by atoms with Gasteiger partial charge in [0.15, 0.2) is 5.13 Å². The number of aromatic nitrogens is 2. The Morgan fingerprint density at radius 1 is 0.960 bits per heavy atom. The maximum Gasteiger partial charge on any atom is 0.184 e. The van der Waals surface area contributed by atoms with Crippen LogP contribution in [0.3, 0.4) is 0 Å². The molecule has 3 nitrogen and oxygen atoms in total. The van der Waals surface area contributed by atoms with Crippen LogP contribution in [0.15, 0.2) is 73.1 Å². The summed E-state index contributed by atoms with van der Waals surface area (Å²) in [5, 5.41) is 4.56. The molecule has 0 radical (unpaired) electrons. The van der Waals surface area contributed by atoms with Gasteiger partial charge in [-0.05, 0) is 47.4 Å². The molecule has 0 bridgehead atoms. The second kappa shape index (κ2) is 7.03. The standard InChI is InChI=1S/C21H19N3S/c1-2-18(16-6-4-3-5-7-16)23-21-24-19-9-8-17(14-20(19)25-21)15-10-12-22-13-11-15/h3-14,18H,2H2,1H3,(H,23,24)/t18-/m1/s1.